The molecule has 0 saturated carbocycles. The van der Waals surface area contributed by atoms with Crippen molar-refractivity contribution < 1.29 is 15.0 Å². The van der Waals surface area contributed by atoms with Crippen molar-refractivity contribution in [2.75, 3.05) is 10.2 Å². The van der Waals surface area contributed by atoms with Crippen molar-refractivity contribution in [1.82, 2.24) is 0 Å². The summed E-state index contributed by atoms with van der Waals surface area (Å²) >= 11 is 5.98. The lowest BCUT2D eigenvalue weighted by Gasteiger charge is -2.38. The van der Waals surface area contributed by atoms with Crippen LogP contribution in [0.1, 0.15) is 22.1 Å². The zero-order valence-electron chi connectivity index (χ0n) is 13.6. The Kier molecular flexibility index (Phi) is 3.93. The van der Waals surface area contributed by atoms with E-state index >= 15 is 0 Å². The first-order valence-corrected chi connectivity index (χ1v) is 8.39. The van der Waals surface area contributed by atoms with Gasteiger partial charge in [-0.15, -0.1) is 0 Å². The van der Waals surface area contributed by atoms with Gasteiger partial charge >= 0.3 is 0 Å². The average molecular weight is 367 g/mol. The quantitative estimate of drug-likeness (QED) is 0.623. The van der Waals surface area contributed by atoms with Crippen LogP contribution in [0.4, 0.5) is 11.4 Å². The monoisotopic (exact) mass is 366 g/mol. The van der Waals surface area contributed by atoms with Crippen LogP contribution < -0.4 is 10.2 Å². The Labute approximate surface area is 155 Å². The molecule has 3 aromatic carbocycles. The fourth-order valence-corrected chi connectivity index (χ4v) is 3.23. The van der Waals surface area contributed by atoms with Crippen LogP contribution in [-0.2, 0) is 0 Å². The van der Waals surface area contributed by atoms with Crippen molar-refractivity contribution in [3.05, 3.63) is 82.9 Å². The van der Waals surface area contributed by atoms with Gasteiger partial charge in [-0.1, -0.05) is 23.7 Å². The number of phenols is 2. The highest BCUT2D eigenvalue weighted by Gasteiger charge is 2.35. The Balaban J connectivity index is 1.88. The van der Waals surface area contributed by atoms with Crippen molar-refractivity contribution >= 4 is 28.9 Å². The smallest absolute Gasteiger partial charge is 0.262 e. The van der Waals surface area contributed by atoms with E-state index in [1.54, 1.807) is 47.4 Å². The van der Waals surface area contributed by atoms with Crippen LogP contribution in [0.25, 0.3) is 0 Å². The SMILES string of the molecule is O=C1c2ccccc2N[C@@H](c2ccc(O)cc2O)N1c1ccc(Cl)cc1. The maximum absolute atomic E-state index is 13.2. The minimum Gasteiger partial charge on any atom is -0.508 e. The standard InChI is InChI=1S/C20H15ClN2O3/c21-12-5-7-13(8-6-12)23-19(16-10-9-14(24)11-18(16)25)22-17-4-2-1-3-15(17)20(23)26/h1-11,19,22,24-25H/t19-/m1/s1. The lowest BCUT2D eigenvalue weighted by Crippen LogP contribution is -2.43. The summed E-state index contributed by atoms with van der Waals surface area (Å²) < 4.78 is 0. The van der Waals surface area contributed by atoms with E-state index in [1.165, 1.54) is 12.1 Å². The van der Waals surface area contributed by atoms with E-state index in [4.69, 9.17) is 11.6 Å². The number of benzene rings is 3. The molecule has 0 spiro atoms. The molecule has 1 aliphatic heterocycles. The predicted molar refractivity (Wildman–Crippen MR) is 101 cm³/mol. The predicted octanol–water partition coefficient (Wildman–Crippen LogP) is 4.52. The third-order valence-corrected chi connectivity index (χ3v) is 4.59. The molecular formula is C20H15ClN2O3. The van der Waals surface area contributed by atoms with Crippen LogP contribution in [0.2, 0.25) is 5.02 Å². The van der Waals surface area contributed by atoms with E-state index in [1.807, 2.05) is 12.1 Å². The Morgan fingerprint density at radius 3 is 2.42 bits per heavy atom. The summed E-state index contributed by atoms with van der Waals surface area (Å²) in [6.07, 6.45) is -0.640. The van der Waals surface area contributed by atoms with E-state index in [9.17, 15) is 15.0 Å². The molecule has 3 N–H and O–H groups in total. The normalized spacial score (nSPS) is 16.1. The van der Waals surface area contributed by atoms with Crippen molar-refractivity contribution in [2.24, 2.45) is 0 Å². The Morgan fingerprint density at radius 1 is 0.962 bits per heavy atom. The van der Waals surface area contributed by atoms with Crippen LogP contribution in [-0.4, -0.2) is 16.1 Å². The average Bonchev–Trinajstić information content (AvgIpc) is 2.63. The van der Waals surface area contributed by atoms with E-state index in [0.29, 0.717) is 27.5 Å². The number of anilines is 2. The zero-order valence-corrected chi connectivity index (χ0v) is 14.3. The second-order valence-electron chi connectivity index (χ2n) is 5.99. The maximum Gasteiger partial charge on any atom is 0.262 e. The fourth-order valence-electron chi connectivity index (χ4n) is 3.10. The number of nitrogens with zero attached hydrogens (tertiary/aromatic N) is 1. The molecule has 4 rings (SSSR count). The summed E-state index contributed by atoms with van der Waals surface area (Å²) in [4.78, 5) is 14.7. The second kappa shape index (κ2) is 6.28. The molecule has 1 amide bonds. The molecule has 0 radical (unpaired) electrons. The molecule has 0 fully saturated rings. The van der Waals surface area contributed by atoms with Crippen LogP contribution >= 0.6 is 11.6 Å². The first kappa shape index (κ1) is 16.3. The van der Waals surface area contributed by atoms with E-state index in [2.05, 4.69) is 5.32 Å². The molecule has 1 atom stereocenters. The first-order valence-electron chi connectivity index (χ1n) is 8.01. The molecular weight excluding hydrogens is 352 g/mol. The Hall–Kier alpha value is -3.18. The number of nitrogens with one attached hydrogen (secondary N) is 1. The molecule has 26 heavy (non-hydrogen) atoms. The third-order valence-electron chi connectivity index (χ3n) is 4.34. The van der Waals surface area contributed by atoms with Crippen LogP contribution in [0.5, 0.6) is 11.5 Å². The highest BCUT2D eigenvalue weighted by Crippen LogP contribution is 2.40. The number of carbonyl (C=O) groups is 1. The van der Waals surface area contributed by atoms with Crippen molar-refractivity contribution in [3.63, 3.8) is 0 Å². The lowest BCUT2D eigenvalue weighted by molar-refractivity contribution is 0.0974. The first-order chi connectivity index (χ1) is 12.5. The Morgan fingerprint density at radius 2 is 1.69 bits per heavy atom. The number of carbonyl (C=O) groups excluding carboxylic acids is 1. The van der Waals surface area contributed by atoms with E-state index < -0.39 is 6.17 Å². The number of para-hydroxylation sites is 1. The molecule has 1 heterocycles. The highest BCUT2D eigenvalue weighted by molar-refractivity contribution is 6.30. The summed E-state index contributed by atoms with van der Waals surface area (Å²) in [5, 5.41) is 23.8. The number of aromatic hydroxyl groups is 2. The number of hydrogen-bond acceptors (Lipinski definition) is 4. The fraction of sp³-hybridized carbons (Fsp3) is 0.0500. The molecule has 6 heteroatoms. The summed E-state index contributed by atoms with van der Waals surface area (Å²) in [5.74, 6) is -0.348. The van der Waals surface area contributed by atoms with E-state index in [0.717, 1.165) is 0 Å². The van der Waals surface area contributed by atoms with E-state index in [-0.39, 0.29) is 17.4 Å². The highest BCUT2D eigenvalue weighted by atomic mass is 35.5. The summed E-state index contributed by atoms with van der Waals surface area (Å²) in [7, 11) is 0. The van der Waals surface area contributed by atoms with Crippen molar-refractivity contribution in [1.29, 1.82) is 0 Å². The van der Waals surface area contributed by atoms with Gasteiger partial charge in [0.25, 0.3) is 5.91 Å². The molecule has 1 aliphatic rings. The summed E-state index contributed by atoms with van der Waals surface area (Å²) in [5.41, 5.74) is 2.33. The van der Waals surface area contributed by atoms with Gasteiger partial charge in [-0.05, 0) is 48.5 Å². The largest absolute Gasteiger partial charge is 0.508 e. The number of amides is 1. The van der Waals surface area contributed by atoms with Gasteiger partial charge < -0.3 is 15.5 Å². The number of hydrogen-bond donors (Lipinski definition) is 3. The molecule has 3 aromatic rings. The number of rotatable bonds is 2. The van der Waals surface area contributed by atoms with Crippen molar-refractivity contribution in [3.8, 4) is 11.5 Å². The summed E-state index contributed by atoms with van der Waals surface area (Å²) in [6, 6.07) is 18.4. The lowest BCUT2D eigenvalue weighted by atomic mass is 10.0. The topological polar surface area (TPSA) is 72.8 Å². The maximum atomic E-state index is 13.2. The molecule has 0 aliphatic carbocycles. The minimum absolute atomic E-state index is 0.0492. The van der Waals surface area contributed by atoms with Gasteiger partial charge in [0.2, 0.25) is 0 Å². The minimum atomic E-state index is -0.640. The number of halogens is 1. The zero-order chi connectivity index (χ0) is 18.3. The molecule has 5 nitrogen and oxygen atoms in total. The Bertz CT molecular complexity index is 989. The van der Waals surface area contributed by atoms with Gasteiger partial charge in [-0.2, -0.15) is 0 Å². The van der Waals surface area contributed by atoms with Gasteiger partial charge in [-0.3, -0.25) is 9.69 Å². The van der Waals surface area contributed by atoms with Crippen LogP contribution in [0, 0.1) is 0 Å². The van der Waals surface area contributed by atoms with Gasteiger partial charge in [0, 0.05) is 28.0 Å². The van der Waals surface area contributed by atoms with Gasteiger partial charge in [0.05, 0.1) is 5.56 Å². The molecule has 130 valence electrons. The molecule has 0 bridgehead atoms. The second-order valence-corrected chi connectivity index (χ2v) is 6.42. The van der Waals surface area contributed by atoms with Crippen molar-refractivity contribution in [2.45, 2.75) is 6.17 Å². The van der Waals surface area contributed by atoms with Crippen LogP contribution in [0.3, 0.4) is 0 Å². The third kappa shape index (κ3) is 2.72. The molecule has 0 unspecified atom stereocenters. The number of fused-ring (bicyclic) bond motifs is 1. The van der Waals surface area contributed by atoms with Gasteiger partial charge in [0.1, 0.15) is 17.7 Å². The summed E-state index contributed by atoms with van der Waals surface area (Å²) in [6.45, 7) is 0. The van der Waals surface area contributed by atoms with Gasteiger partial charge in [0.15, 0.2) is 0 Å². The van der Waals surface area contributed by atoms with Gasteiger partial charge in [-0.25, -0.2) is 0 Å². The molecule has 0 saturated heterocycles. The van der Waals surface area contributed by atoms with Crippen LogP contribution in [0.15, 0.2) is 66.7 Å². The molecule has 0 aromatic heterocycles. The number of phenolic OH excluding ortho intramolecular Hbond substituents is 2.